The predicted molar refractivity (Wildman–Crippen MR) is 113 cm³/mol. The van der Waals surface area contributed by atoms with Crippen LogP contribution in [0.5, 0.6) is 11.5 Å². The highest BCUT2D eigenvalue weighted by atomic mass is 35.5. The maximum atomic E-state index is 13.4. The molecule has 0 saturated carbocycles. The smallest absolute Gasteiger partial charge is 0.336 e. The van der Waals surface area contributed by atoms with Gasteiger partial charge in [-0.3, -0.25) is 4.79 Å². The van der Waals surface area contributed by atoms with Gasteiger partial charge in [0.05, 0.1) is 43.5 Å². The number of ketones is 1. The third kappa shape index (κ3) is 2.87. The van der Waals surface area contributed by atoms with Gasteiger partial charge in [0, 0.05) is 34.0 Å². The van der Waals surface area contributed by atoms with Crippen LogP contribution in [0, 0.1) is 0 Å². The molecule has 0 saturated heterocycles. The lowest BCUT2D eigenvalue weighted by molar-refractivity contribution is -0.136. The number of carbonyl (C=O) groups is 2. The van der Waals surface area contributed by atoms with Crippen molar-refractivity contribution in [3.63, 3.8) is 0 Å². The number of benzene rings is 2. The quantitative estimate of drug-likeness (QED) is 0.743. The lowest BCUT2D eigenvalue weighted by Gasteiger charge is -2.30. The Kier molecular flexibility index (Phi) is 5.03. The number of halogens is 1. The molecule has 1 heterocycles. The van der Waals surface area contributed by atoms with E-state index in [1.54, 1.807) is 25.1 Å². The van der Waals surface area contributed by atoms with Gasteiger partial charge in [0.25, 0.3) is 0 Å². The van der Waals surface area contributed by atoms with Gasteiger partial charge < -0.3 is 19.5 Å². The van der Waals surface area contributed by atoms with E-state index in [4.69, 9.17) is 25.8 Å². The second-order valence-corrected chi connectivity index (χ2v) is 7.39. The monoisotopic (exact) mass is 425 g/mol. The van der Waals surface area contributed by atoms with Gasteiger partial charge in [0.15, 0.2) is 5.78 Å². The first-order valence-electron chi connectivity index (χ1n) is 9.28. The number of methoxy groups -OCH3 is 3. The summed E-state index contributed by atoms with van der Waals surface area (Å²) < 4.78 is 15.9. The van der Waals surface area contributed by atoms with Crippen LogP contribution in [-0.2, 0) is 9.53 Å². The summed E-state index contributed by atoms with van der Waals surface area (Å²) >= 11 is 6.41. The van der Waals surface area contributed by atoms with E-state index in [0.29, 0.717) is 50.2 Å². The van der Waals surface area contributed by atoms with Crippen LogP contribution >= 0.6 is 11.6 Å². The minimum Gasteiger partial charge on any atom is -0.496 e. The zero-order valence-electron chi connectivity index (χ0n) is 17.0. The van der Waals surface area contributed by atoms with E-state index in [2.05, 4.69) is 5.32 Å². The van der Waals surface area contributed by atoms with E-state index < -0.39 is 11.9 Å². The van der Waals surface area contributed by atoms with Crippen LogP contribution in [0.25, 0.3) is 5.70 Å². The Morgan fingerprint density at radius 1 is 1.03 bits per heavy atom. The van der Waals surface area contributed by atoms with Crippen LogP contribution < -0.4 is 14.8 Å². The van der Waals surface area contributed by atoms with Gasteiger partial charge in [0.2, 0.25) is 0 Å². The number of dihydropyridines is 1. The summed E-state index contributed by atoms with van der Waals surface area (Å²) in [4.78, 5) is 26.2. The first-order chi connectivity index (χ1) is 14.4. The number of allylic oxidation sites excluding steroid dienone is 2. The molecule has 1 atom stereocenters. The van der Waals surface area contributed by atoms with Crippen molar-refractivity contribution >= 4 is 29.1 Å². The Hall–Kier alpha value is -3.25. The molecule has 1 aliphatic carbocycles. The number of fused-ring (bicyclic) bond motifs is 2. The number of esters is 1. The summed E-state index contributed by atoms with van der Waals surface area (Å²) in [5.41, 5.74) is 4.03. The number of hydrogen-bond donors (Lipinski definition) is 1. The van der Waals surface area contributed by atoms with Gasteiger partial charge in [-0.25, -0.2) is 4.79 Å². The van der Waals surface area contributed by atoms with E-state index in [1.807, 2.05) is 18.2 Å². The van der Waals surface area contributed by atoms with Gasteiger partial charge in [-0.15, -0.1) is 0 Å². The molecule has 7 heteroatoms. The van der Waals surface area contributed by atoms with Crippen molar-refractivity contribution in [3.8, 4) is 11.5 Å². The molecule has 0 spiro atoms. The minimum absolute atomic E-state index is 0.152. The van der Waals surface area contributed by atoms with Crippen molar-refractivity contribution in [3.05, 3.63) is 75.0 Å². The summed E-state index contributed by atoms with van der Waals surface area (Å²) in [6.45, 7) is 1.78. The third-order valence-corrected chi connectivity index (χ3v) is 5.76. The molecule has 0 aromatic heterocycles. The number of nitrogens with one attached hydrogen (secondary N) is 1. The highest BCUT2D eigenvalue weighted by molar-refractivity contribution is 6.32. The first-order valence-corrected chi connectivity index (χ1v) is 9.66. The fourth-order valence-electron chi connectivity index (χ4n) is 4.13. The van der Waals surface area contributed by atoms with Crippen LogP contribution in [0.3, 0.4) is 0 Å². The van der Waals surface area contributed by atoms with E-state index in [9.17, 15) is 9.59 Å². The van der Waals surface area contributed by atoms with Crippen LogP contribution in [0.2, 0.25) is 5.02 Å². The molecule has 4 rings (SSSR count). The number of rotatable bonds is 4. The summed E-state index contributed by atoms with van der Waals surface area (Å²) in [5.74, 6) is -0.517. The third-order valence-electron chi connectivity index (χ3n) is 5.47. The fourth-order valence-corrected chi connectivity index (χ4v) is 4.38. The second kappa shape index (κ2) is 7.54. The fraction of sp³-hybridized carbons (Fsp3) is 0.217. The Morgan fingerprint density at radius 3 is 2.33 bits per heavy atom. The molecule has 1 N–H and O–H groups in total. The summed E-state index contributed by atoms with van der Waals surface area (Å²) in [7, 11) is 4.34. The molecule has 0 radical (unpaired) electrons. The van der Waals surface area contributed by atoms with E-state index in [-0.39, 0.29) is 5.78 Å². The van der Waals surface area contributed by atoms with Crippen LogP contribution in [0.15, 0.2) is 53.2 Å². The minimum atomic E-state index is -0.716. The molecule has 2 aromatic rings. The molecular weight excluding hydrogens is 406 g/mol. The van der Waals surface area contributed by atoms with E-state index >= 15 is 0 Å². The standard InChI is InChI=1S/C23H20ClNO5/c1-11-18(23(27)30-4)19(14-9-15(24)17(29-3)10-16(14)28-2)20-21(25-11)12-7-5-6-8-13(12)22(20)26/h5-10,19,25H,1-4H3/t19-/m1/s1. The number of ether oxygens (including phenoxy) is 3. The van der Waals surface area contributed by atoms with Crippen molar-refractivity contribution < 1.29 is 23.8 Å². The molecule has 0 bridgehead atoms. The molecule has 154 valence electrons. The van der Waals surface area contributed by atoms with Gasteiger partial charge in [-0.2, -0.15) is 0 Å². The van der Waals surface area contributed by atoms with Gasteiger partial charge >= 0.3 is 5.97 Å². The van der Waals surface area contributed by atoms with Gasteiger partial charge in [-0.05, 0) is 13.0 Å². The van der Waals surface area contributed by atoms with Crippen LogP contribution in [0.1, 0.15) is 34.3 Å². The van der Waals surface area contributed by atoms with Gasteiger partial charge in [-0.1, -0.05) is 35.9 Å². The normalized spacial score (nSPS) is 17.4. The SMILES string of the molecule is COC(=O)C1=C(C)NC2=C(C(=O)c3ccccc32)[C@@H]1c1cc(Cl)c(OC)cc1OC. The average Bonchev–Trinajstić information content (AvgIpc) is 3.04. The molecule has 6 nitrogen and oxygen atoms in total. The lowest BCUT2D eigenvalue weighted by Crippen LogP contribution is -2.29. The molecule has 30 heavy (non-hydrogen) atoms. The summed E-state index contributed by atoms with van der Waals surface area (Å²) in [5, 5.41) is 3.59. The maximum Gasteiger partial charge on any atom is 0.336 e. The zero-order chi connectivity index (χ0) is 21.6. The number of Topliss-reactive ketones (excluding diaryl/α,β-unsaturated/α-hetero) is 1. The summed E-state index contributed by atoms with van der Waals surface area (Å²) in [6, 6.07) is 10.7. The lowest BCUT2D eigenvalue weighted by atomic mass is 9.79. The van der Waals surface area contributed by atoms with Crippen LogP contribution in [0.4, 0.5) is 0 Å². The molecule has 1 aliphatic heterocycles. The molecule has 2 aromatic carbocycles. The Bertz CT molecular complexity index is 1150. The van der Waals surface area contributed by atoms with E-state index in [1.165, 1.54) is 21.3 Å². The highest BCUT2D eigenvalue weighted by Crippen LogP contribution is 2.50. The average molecular weight is 426 g/mol. The molecule has 0 unspecified atom stereocenters. The van der Waals surface area contributed by atoms with Crippen molar-refractivity contribution in [2.75, 3.05) is 21.3 Å². The largest absolute Gasteiger partial charge is 0.496 e. The second-order valence-electron chi connectivity index (χ2n) is 6.98. The van der Waals surface area contributed by atoms with Gasteiger partial charge in [0.1, 0.15) is 11.5 Å². The van der Waals surface area contributed by atoms with Crippen LogP contribution in [-0.4, -0.2) is 33.1 Å². The molecule has 0 fully saturated rings. The van der Waals surface area contributed by atoms with E-state index in [0.717, 1.165) is 5.56 Å². The van der Waals surface area contributed by atoms with Crippen molar-refractivity contribution in [1.82, 2.24) is 5.32 Å². The Labute approximate surface area is 179 Å². The predicted octanol–water partition coefficient (Wildman–Crippen LogP) is 4.10. The van der Waals surface area contributed by atoms with Crippen molar-refractivity contribution in [2.24, 2.45) is 0 Å². The topological polar surface area (TPSA) is 73.9 Å². The number of carbonyl (C=O) groups excluding carboxylic acids is 2. The molecule has 2 aliphatic rings. The molecule has 0 amide bonds. The van der Waals surface area contributed by atoms with Crippen molar-refractivity contribution in [2.45, 2.75) is 12.8 Å². The first kappa shape index (κ1) is 20.0. The maximum absolute atomic E-state index is 13.4. The van der Waals surface area contributed by atoms with Crippen molar-refractivity contribution in [1.29, 1.82) is 0 Å². The highest BCUT2D eigenvalue weighted by Gasteiger charge is 2.44. The summed E-state index contributed by atoms with van der Waals surface area (Å²) in [6.07, 6.45) is 0. The zero-order valence-corrected chi connectivity index (χ0v) is 17.7. The number of hydrogen-bond acceptors (Lipinski definition) is 6. The Morgan fingerprint density at radius 2 is 1.70 bits per heavy atom. The molecular formula is C23H20ClNO5. The Balaban J connectivity index is 2.01.